The second-order valence-corrected chi connectivity index (χ2v) is 4.32. The predicted octanol–water partition coefficient (Wildman–Crippen LogP) is 1.13. The lowest BCUT2D eigenvalue weighted by molar-refractivity contribution is 0.0670. The Balaban J connectivity index is 1.91. The molecule has 1 aromatic rings. The van der Waals surface area contributed by atoms with E-state index in [9.17, 15) is 9.18 Å². The fraction of sp³-hybridized carbons (Fsp3) is 0.583. The Labute approximate surface area is 94.3 Å². The predicted molar refractivity (Wildman–Crippen MR) is 61.5 cm³/mol. The van der Waals surface area contributed by atoms with Gasteiger partial charge < -0.3 is 4.98 Å². The van der Waals surface area contributed by atoms with Crippen LogP contribution in [0.3, 0.4) is 0 Å². The molecule has 0 unspecified atom stereocenters. The van der Waals surface area contributed by atoms with Crippen LogP contribution in [-0.2, 0) is 12.8 Å². The smallest absolute Gasteiger partial charge is 0.251 e. The fourth-order valence-electron chi connectivity index (χ4n) is 1.97. The zero-order valence-corrected chi connectivity index (χ0v) is 9.50. The Morgan fingerprint density at radius 3 is 2.94 bits per heavy atom. The maximum atomic E-state index is 12.6. The summed E-state index contributed by atoms with van der Waals surface area (Å²) in [5, 5.41) is 0. The Hall–Kier alpha value is -1.16. The largest absolute Gasteiger partial charge is 0.329 e. The van der Waals surface area contributed by atoms with Crippen LogP contribution in [0.5, 0.6) is 0 Å². The first-order valence-electron chi connectivity index (χ1n) is 5.76. The third-order valence-corrected chi connectivity index (χ3v) is 3.05. The van der Waals surface area contributed by atoms with E-state index in [-0.39, 0.29) is 5.56 Å². The monoisotopic (exact) mass is 224 g/mol. The lowest BCUT2D eigenvalue weighted by atomic mass is 10.1. The molecule has 2 rings (SSSR count). The molecule has 2 heterocycles. The van der Waals surface area contributed by atoms with Crippen LogP contribution in [0.2, 0.25) is 0 Å². The molecule has 1 saturated heterocycles. The first-order chi connectivity index (χ1) is 7.69. The highest BCUT2D eigenvalue weighted by molar-refractivity contribution is 5.18. The van der Waals surface area contributed by atoms with Crippen molar-refractivity contribution < 1.29 is 4.39 Å². The summed E-state index contributed by atoms with van der Waals surface area (Å²) < 4.78 is 12.6. The summed E-state index contributed by atoms with van der Waals surface area (Å²) in [5.41, 5.74) is 1.95. The van der Waals surface area contributed by atoms with E-state index >= 15 is 0 Å². The number of pyridine rings is 1. The van der Waals surface area contributed by atoms with Crippen molar-refractivity contribution >= 4 is 0 Å². The number of H-pyrrole nitrogens is 1. The molecule has 0 bridgehead atoms. The number of aromatic nitrogens is 1. The van der Waals surface area contributed by atoms with Gasteiger partial charge in [0.25, 0.3) is 5.56 Å². The van der Waals surface area contributed by atoms with Gasteiger partial charge in [-0.25, -0.2) is 4.39 Å². The SMILES string of the molecule is CCc1cc(CCN2CC(F)C2)c[nH]c1=O. The van der Waals surface area contributed by atoms with Gasteiger partial charge in [-0.15, -0.1) is 0 Å². The number of nitrogens with one attached hydrogen (secondary N) is 1. The lowest BCUT2D eigenvalue weighted by Crippen LogP contribution is -2.48. The van der Waals surface area contributed by atoms with Gasteiger partial charge in [0.1, 0.15) is 6.17 Å². The minimum atomic E-state index is -0.637. The highest BCUT2D eigenvalue weighted by Crippen LogP contribution is 2.12. The Bertz CT molecular complexity index is 410. The normalized spacial score (nSPS) is 17.4. The summed E-state index contributed by atoms with van der Waals surface area (Å²) >= 11 is 0. The summed E-state index contributed by atoms with van der Waals surface area (Å²) in [6.45, 7) is 3.96. The molecule has 0 atom stereocenters. The maximum absolute atomic E-state index is 12.6. The maximum Gasteiger partial charge on any atom is 0.251 e. The van der Waals surface area contributed by atoms with Crippen molar-refractivity contribution in [2.45, 2.75) is 25.9 Å². The van der Waals surface area contributed by atoms with E-state index in [2.05, 4.69) is 9.88 Å². The number of aromatic amines is 1. The molecule has 0 saturated carbocycles. The molecule has 88 valence electrons. The Kier molecular flexibility index (Phi) is 3.39. The first kappa shape index (κ1) is 11.3. The molecule has 3 nitrogen and oxygen atoms in total. The Morgan fingerprint density at radius 2 is 2.31 bits per heavy atom. The van der Waals surface area contributed by atoms with Crippen LogP contribution in [0.25, 0.3) is 0 Å². The van der Waals surface area contributed by atoms with Gasteiger partial charge in [-0.3, -0.25) is 9.69 Å². The second-order valence-electron chi connectivity index (χ2n) is 4.32. The summed E-state index contributed by atoms with van der Waals surface area (Å²) in [6.07, 6.45) is 2.74. The van der Waals surface area contributed by atoms with E-state index in [0.29, 0.717) is 13.1 Å². The molecule has 0 radical (unpaired) electrons. The molecular formula is C12H17FN2O. The van der Waals surface area contributed by atoms with Gasteiger partial charge in [-0.1, -0.05) is 6.92 Å². The minimum Gasteiger partial charge on any atom is -0.329 e. The highest BCUT2D eigenvalue weighted by Gasteiger charge is 2.25. The van der Waals surface area contributed by atoms with E-state index < -0.39 is 6.17 Å². The average molecular weight is 224 g/mol. The summed E-state index contributed by atoms with van der Waals surface area (Å²) in [5.74, 6) is 0. The van der Waals surface area contributed by atoms with Gasteiger partial charge in [0, 0.05) is 31.4 Å². The third-order valence-electron chi connectivity index (χ3n) is 3.05. The second kappa shape index (κ2) is 4.78. The molecule has 1 fully saturated rings. The van der Waals surface area contributed by atoms with Gasteiger partial charge in [-0.05, 0) is 24.5 Å². The summed E-state index contributed by atoms with van der Waals surface area (Å²) in [6, 6.07) is 1.95. The molecule has 1 aliphatic heterocycles. The van der Waals surface area contributed by atoms with E-state index in [1.165, 1.54) is 0 Å². The van der Waals surface area contributed by atoms with E-state index in [0.717, 1.165) is 30.5 Å². The van der Waals surface area contributed by atoms with Crippen molar-refractivity contribution in [1.29, 1.82) is 0 Å². The summed E-state index contributed by atoms with van der Waals surface area (Å²) in [4.78, 5) is 16.2. The quantitative estimate of drug-likeness (QED) is 0.832. The van der Waals surface area contributed by atoms with Crippen LogP contribution in [0.15, 0.2) is 17.1 Å². The van der Waals surface area contributed by atoms with Gasteiger partial charge in [0.15, 0.2) is 0 Å². The number of hydrogen-bond donors (Lipinski definition) is 1. The zero-order valence-electron chi connectivity index (χ0n) is 9.50. The van der Waals surface area contributed by atoms with Crippen molar-refractivity contribution in [2.75, 3.05) is 19.6 Å². The molecule has 0 aromatic carbocycles. The number of hydrogen-bond acceptors (Lipinski definition) is 2. The molecule has 0 spiro atoms. The van der Waals surface area contributed by atoms with Gasteiger partial charge in [0.05, 0.1) is 0 Å². The number of nitrogens with zero attached hydrogens (tertiary/aromatic N) is 1. The van der Waals surface area contributed by atoms with Crippen molar-refractivity contribution in [3.63, 3.8) is 0 Å². The fourth-order valence-corrected chi connectivity index (χ4v) is 1.97. The van der Waals surface area contributed by atoms with Crippen LogP contribution < -0.4 is 5.56 Å². The molecule has 16 heavy (non-hydrogen) atoms. The van der Waals surface area contributed by atoms with Crippen molar-refractivity contribution in [1.82, 2.24) is 9.88 Å². The van der Waals surface area contributed by atoms with Gasteiger partial charge >= 0.3 is 0 Å². The van der Waals surface area contributed by atoms with Crippen molar-refractivity contribution in [3.05, 3.63) is 33.7 Å². The third kappa shape index (κ3) is 2.50. The van der Waals surface area contributed by atoms with Crippen LogP contribution >= 0.6 is 0 Å². The van der Waals surface area contributed by atoms with Crippen LogP contribution in [0.4, 0.5) is 4.39 Å². The van der Waals surface area contributed by atoms with Gasteiger partial charge in [0.2, 0.25) is 0 Å². The number of alkyl halides is 1. The van der Waals surface area contributed by atoms with Crippen LogP contribution in [0, 0.1) is 0 Å². The lowest BCUT2D eigenvalue weighted by Gasteiger charge is -2.34. The zero-order chi connectivity index (χ0) is 11.5. The van der Waals surface area contributed by atoms with Crippen LogP contribution in [-0.4, -0.2) is 35.7 Å². The van der Waals surface area contributed by atoms with Gasteiger partial charge in [-0.2, -0.15) is 0 Å². The molecular weight excluding hydrogens is 207 g/mol. The van der Waals surface area contributed by atoms with E-state index in [1.54, 1.807) is 6.20 Å². The summed E-state index contributed by atoms with van der Waals surface area (Å²) in [7, 11) is 0. The number of rotatable bonds is 4. The number of halogens is 1. The molecule has 1 aromatic heterocycles. The standard InChI is InChI=1S/C12H17FN2O/c1-2-10-5-9(6-14-12(10)16)3-4-15-7-11(13)8-15/h5-6,11H,2-4,7-8H2,1H3,(H,14,16). The topological polar surface area (TPSA) is 36.1 Å². The molecule has 4 heteroatoms. The molecule has 1 aliphatic rings. The average Bonchev–Trinajstić information content (AvgIpc) is 2.24. The molecule has 1 N–H and O–H groups in total. The number of likely N-dealkylation sites (tertiary alicyclic amines) is 1. The minimum absolute atomic E-state index is 0.000905. The highest BCUT2D eigenvalue weighted by atomic mass is 19.1. The molecule has 0 aliphatic carbocycles. The van der Waals surface area contributed by atoms with Crippen LogP contribution in [0.1, 0.15) is 18.1 Å². The van der Waals surface area contributed by atoms with E-state index in [4.69, 9.17) is 0 Å². The Morgan fingerprint density at radius 1 is 1.56 bits per heavy atom. The van der Waals surface area contributed by atoms with Crippen molar-refractivity contribution in [2.24, 2.45) is 0 Å². The molecule has 0 amide bonds. The van der Waals surface area contributed by atoms with Crippen molar-refractivity contribution in [3.8, 4) is 0 Å². The first-order valence-corrected chi connectivity index (χ1v) is 5.76. The van der Waals surface area contributed by atoms with E-state index in [1.807, 2.05) is 13.0 Å². The number of aryl methyl sites for hydroxylation is 1.